The first kappa shape index (κ1) is 15.8. The molecule has 0 spiro atoms. The van der Waals surface area contributed by atoms with Crippen molar-refractivity contribution < 1.29 is 9.11 Å². The molecule has 2 saturated heterocycles. The fourth-order valence-corrected chi connectivity index (χ4v) is 3.87. The van der Waals surface area contributed by atoms with Crippen LogP contribution < -0.4 is 5.32 Å². The van der Waals surface area contributed by atoms with Crippen molar-refractivity contribution in [1.29, 1.82) is 0 Å². The van der Waals surface area contributed by atoms with Crippen molar-refractivity contribution in [3.63, 3.8) is 0 Å². The average Bonchev–Trinajstić information content (AvgIpc) is 2.48. The van der Waals surface area contributed by atoms with E-state index < -0.39 is 10.6 Å². The Morgan fingerprint density at radius 3 is 2.20 bits per heavy atom. The first-order chi connectivity index (χ1) is 6.17. The summed E-state index contributed by atoms with van der Waals surface area (Å²) in [6.07, 6.45) is 0.836. The second-order valence-corrected chi connectivity index (χ2v) is 6.07. The predicted molar refractivity (Wildman–Crippen MR) is 66.2 cm³/mol. The van der Waals surface area contributed by atoms with E-state index in [0.717, 1.165) is 32.6 Å². The van der Waals surface area contributed by atoms with E-state index in [1.54, 1.807) is 0 Å². The van der Waals surface area contributed by atoms with Crippen LogP contribution in [0.25, 0.3) is 0 Å². The average molecular weight is 277 g/mol. The zero-order valence-electron chi connectivity index (χ0n) is 8.52. The molecule has 0 aliphatic carbocycles. The van der Waals surface area contributed by atoms with Gasteiger partial charge < -0.3 is 25.0 Å². The molecule has 0 aromatic heterocycles. The molecule has 0 aromatic rings. The van der Waals surface area contributed by atoms with Crippen LogP contribution in [-0.4, -0.2) is 57.7 Å². The zero-order valence-corrected chi connectivity index (χ0v) is 11.0. The summed E-state index contributed by atoms with van der Waals surface area (Å²) in [7, 11) is -2.71. The molecule has 4 nitrogen and oxygen atoms in total. The molecule has 2 rings (SSSR count). The maximum atomic E-state index is 11.2. The second-order valence-electron chi connectivity index (χ2n) is 3.84. The summed E-state index contributed by atoms with van der Waals surface area (Å²) in [5.41, 5.74) is 0. The molecule has 0 bridgehead atoms. The molecule has 0 saturated carbocycles. The summed E-state index contributed by atoms with van der Waals surface area (Å²) >= 11 is 0. The molecule has 1 atom stereocenters. The number of piperazine rings is 1. The summed E-state index contributed by atoms with van der Waals surface area (Å²) in [5, 5.41) is 3.27. The Balaban J connectivity index is 0.000000980. The number of nitrogens with zero attached hydrogens (tertiary/aromatic N) is 1. The number of sulfone groups is 1. The van der Waals surface area contributed by atoms with Gasteiger partial charge in [-0.2, -0.15) is 0 Å². The van der Waals surface area contributed by atoms with Crippen LogP contribution in [0.1, 0.15) is 6.42 Å². The molecule has 0 aromatic carbocycles. The Morgan fingerprint density at radius 1 is 1.13 bits per heavy atom. The lowest BCUT2D eigenvalue weighted by atomic mass is 10.2. The minimum Gasteiger partial charge on any atom is -0.800 e. The minimum atomic E-state index is -2.71. The molecule has 0 radical (unpaired) electrons. The van der Waals surface area contributed by atoms with E-state index in [-0.39, 0.29) is 24.8 Å². The summed E-state index contributed by atoms with van der Waals surface area (Å²) in [6, 6.07) is 0.298. The first-order valence-electron chi connectivity index (χ1n) is 4.82. The lowest BCUT2D eigenvalue weighted by Crippen LogP contribution is -2.48. The summed E-state index contributed by atoms with van der Waals surface area (Å²) in [5.74, 6) is 0.772. The number of hydrogen-bond acceptors (Lipinski definition) is 4. The molecule has 2 aliphatic heterocycles. The van der Waals surface area contributed by atoms with Crippen LogP contribution in [0, 0.1) is 0 Å². The van der Waals surface area contributed by atoms with Crippen molar-refractivity contribution in [2.75, 3.05) is 37.7 Å². The van der Waals surface area contributed by atoms with Gasteiger partial charge in [0.25, 0.3) is 0 Å². The Labute approximate surface area is 105 Å². The van der Waals surface area contributed by atoms with E-state index in [9.17, 15) is 9.11 Å². The molecule has 1 unspecified atom stereocenters. The highest BCUT2D eigenvalue weighted by Gasteiger charge is 2.25. The minimum absolute atomic E-state index is 0. The van der Waals surface area contributed by atoms with Crippen molar-refractivity contribution in [3.05, 3.63) is 0 Å². The van der Waals surface area contributed by atoms with Gasteiger partial charge in [-0.1, -0.05) is 0 Å². The van der Waals surface area contributed by atoms with Gasteiger partial charge in [-0.25, -0.2) is 0 Å². The molecule has 0 amide bonds. The quantitative estimate of drug-likeness (QED) is 0.761. The van der Waals surface area contributed by atoms with Gasteiger partial charge in [-0.15, -0.1) is 24.8 Å². The van der Waals surface area contributed by atoms with E-state index in [2.05, 4.69) is 10.2 Å². The van der Waals surface area contributed by atoms with Crippen LogP contribution in [0.2, 0.25) is 0 Å². The normalized spacial score (nSPS) is 32.5. The number of rotatable bonds is 1. The SMILES string of the molecule is Cl.Cl.[O-]S1([O-])CCC(N2CCNCC2)C1. The Morgan fingerprint density at radius 2 is 1.73 bits per heavy atom. The van der Waals surface area contributed by atoms with Gasteiger partial charge in [0, 0.05) is 32.2 Å². The zero-order chi connectivity index (χ0) is 9.31. The highest BCUT2D eigenvalue weighted by atomic mass is 35.5. The highest BCUT2D eigenvalue weighted by Crippen LogP contribution is 2.46. The van der Waals surface area contributed by atoms with E-state index >= 15 is 0 Å². The molecule has 94 valence electrons. The molecule has 1 N–H and O–H groups in total. The van der Waals surface area contributed by atoms with Crippen molar-refractivity contribution in [2.24, 2.45) is 0 Å². The second kappa shape index (κ2) is 6.49. The Hall–Kier alpha value is 0.770. The lowest BCUT2D eigenvalue weighted by Gasteiger charge is -2.57. The number of nitrogens with one attached hydrogen (secondary N) is 1. The third-order valence-corrected chi connectivity index (χ3v) is 4.63. The van der Waals surface area contributed by atoms with E-state index in [0.29, 0.717) is 17.5 Å². The molecule has 2 fully saturated rings. The molecule has 2 aliphatic rings. The topological polar surface area (TPSA) is 61.4 Å². The molecular weight excluding hydrogens is 259 g/mol. The van der Waals surface area contributed by atoms with Crippen LogP contribution in [-0.2, 0) is 0 Å². The number of hydrogen-bond donors (Lipinski definition) is 1. The van der Waals surface area contributed by atoms with E-state index in [4.69, 9.17) is 0 Å². The van der Waals surface area contributed by atoms with Crippen LogP contribution in [0.4, 0.5) is 0 Å². The van der Waals surface area contributed by atoms with Crippen LogP contribution in [0.5, 0.6) is 0 Å². The van der Waals surface area contributed by atoms with Gasteiger partial charge >= 0.3 is 0 Å². The lowest BCUT2D eigenvalue weighted by molar-refractivity contribution is 0.187. The smallest absolute Gasteiger partial charge is 0.0224 e. The fraction of sp³-hybridized carbons (Fsp3) is 1.00. The van der Waals surface area contributed by atoms with Crippen molar-refractivity contribution in [1.82, 2.24) is 10.2 Å². The van der Waals surface area contributed by atoms with E-state index in [1.165, 1.54) is 0 Å². The monoisotopic (exact) mass is 276 g/mol. The first-order valence-corrected chi connectivity index (χ1v) is 6.65. The summed E-state index contributed by atoms with van der Waals surface area (Å²) < 4.78 is 22.5. The van der Waals surface area contributed by atoms with E-state index in [1.807, 2.05) is 0 Å². The van der Waals surface area contributed by atoms with Crippen molar-refractivity contribution in [2.45, 2.75) is 12.5 Å². The molecular formula is C8H18Cl2N2O2S-2. The summed E-state index contributed by atoms with van der Waals surface area (Å²) in [4.78, 5) is 2.31. The maximum absolute atomic E-state index is 11.2. The fourth-order valence-electron chi connectivity index (χ4n) is 2.11. The van der Waals surface area contributed by atoms with Gasteiger partial charge in [0.15, 0.2) is 0 Å². The van der Waals surface area contributed by atoms with Gasteiger partial charge in [0.05, 0.1) is 0 Å². The maximum Gasteiger partial charge on any atom is 0.0224 e. The summed E-state index contributed by atoms with van der Waals surface area (Å²) in [6.45, 7) is 3.99. The standard InChI is InChI=1S/C8H18N2O2S.2ClH/c11-13(12)6-1-8(7-13)10-4-2-9-3-5-10;;/h8-9,11-12H,1-7H2;2*1H/p-2. The molecule has 15 heavy (non-hydrogen) atoms. The van der Waals surface area contributed by atoms with Crippen molar-refractivity contribution >= 4 is 35.4 Å². The molecule has 2 heterocycles. The van der Waals surface area contributed by atoms with Gasteiger partial charge in [0.1, 0.15) is 0 Å². The highest BCUT2D eigenvalue weighted by molar-refractivity contribution is 8.24. The van der Waals surface area contributed by atoms with Gasteiger partial charge in [-0.05, 0) is 17.9 Å². The van der Waals surface area contributed by atoms with Crippen molar-refractivity contribution in [3.8, 4) is 0 Å². The van der Waals surface area contributed by atoms with Gasteiger partial charge in [0.2, 0.25) is 0 Å². The van der Waals surface area contributed by atoms with Crippen LogP contribution in [0.15, 0.2) is 0 Å². The Bertz CT molecular complexity index is 191. The number of halogens is 2. The predicted octanol–water partition coefficient (Wildman–Crippen LogP) is 0.573. The largest absolute Gasteiger partial charge is 0.800 e. The van der Waals surface area contributed by atoms with Crippen LogP contribution in [0.3, 0.4) is 0 Å². The third kappa shape index (κ3) is 4.26. The van der Waals surface area contributed by atoms with Gasteiger partial charge in [-0.3, -0.25) is 4.90 Å². The van der Waals surface area contributed by atoms with Crippen LogP contribution >= 0.6 is 35.4 Å². The third-order valence-electron chi connectivity index (χ3n) is 2.88. The molecule has 7 heteroatoms. The Kier molecular flexibility index (Phi) is 6.83.